The van der Waals surface area contributed by atoms with E-state index in [1.54, 1.807) is 0 Å². The topological polar surface area (TPSA) is 45.4 Å². The number of aryl methyl sites for hydroxylation is 1. The highest BCUT2D eigenvalue weighted by Gasteiger charge is 2.52. The van der Waals surface area contributed by atoms with Gasteiger partial charge in [-0.05, 0) is 20.4 Å². The van der Waals surface area contributed by atoms with Gasteiger partial charge in [-0.15, -0.1) is 23.2 Å². The highest BCUT2D eigenvalue weighted by Crippen LogP contribution is 2.53. The Morgan fingerprint density at radius 3 is 2.74 bits per heavy atom. The van der Waals surface area contributed by atoms with Gasteiger partial charge in [0.05, 0.1) is 0 Å². The predicted octanol–water partition coefficient (Wildman–Crippen LogP) is 1.86. The highest BCUT2D eigenvalue weighted by atomic mass is 35.5. The predicted molar refractivity (Wildman–Crippen MR) is 73.4 cm³/mol. The van der Waals surface area contributed by atoms with E-state index >= 15 is 0 Å². The van der Waals surface area contributed by atoms with Gasteiger partial charge in [-0.1, -0.05) is 5.16 Å². The second kappa shape index (κ2) is 4.88. The molecule has 3 rings (SSSR count). The van der Waals surface area contributed by atoms with Crippen LogP contribution in [-0.4, -0.2) is 57.5 Å². The van der Waals surface area contributed by atoms with Gasteiger partial charge in [0.2, 0.25) is 5.89 Å². The molecule has 0 amide bonds. The summed E-state index contributed by atoms with van der Waals surface area (Å²) in [5, 5.41) is 3.87. The van der Waals surface area contributed by atoms with E-state index in [2.05, 4.69) is 27.0 Å². The summed E-state index contributed by atoms with van der Waals surface area (Å²) in [4.78, 5) is 8.99. The van der Waals surface area contributed by atoms with Crippen LogP contribution in [0.3, 0.4) is 0 Å². The number of aromatic nitrogens is 2. The Hall–Kier alpha value is -0.360. The minimum atomic E-state index is -0.500. The fourth-order valence-electron chi connectivity index (χ4n) is 2.59. The van der Waals surface area contributed by atoms with Crippen molar-refractivity contribution in [2.75, 3.05) is 33.2 Å². The first-order valence-electron chi connectivity index (χ1n) is 6.56. The monoisotopic (exact) mass is 304 g/mol. The second-order valence-corrected chi connectivity index (χ2v) is 7.14. The maximum Gasteiger partial charge on any atom is 0.245 e. The maximum absolute atomic E-state index is 6.10. The van der Waals surface area contributed by atoms with Gasteiger partial charge in [0, 0.05) is 32.1 Å². The van der Waals surface area contributed by atoms with Gasteiger partial charge in [0.25, 0.3) is 0 Å². The number of likely N-dealkylation sites (N-methyl/N-ethyl adjacent to an activating group) is 1. The Labute approximate surface area is 122 Å². The summed E-state index contributed by atoms with van der Waals surface area (Å²) < 4.78 is 4.80. The molecule has 0 aromatic carbocycles. The lowest BCUT2D eigenvalue weighted by Crippen LogP contribution is -2.47. The second-order valence-electron chi connectivity index (χ2n) is 5.60. The summed E-state index contributed by atoms with van der Waals surface area (Å²) in [7, 11) is 2.09. The number of hydrogen-bond acceptors (Lipinski definition) is 5. The number of rotatable bonds is 3. The Morgan fingerprint density at radius 1 is 1.42 bits per heavy atom. The molecule has 2 fully saturated rings. The van der Waals surface area contributed by atoms with Crippen molar-refractivity contribution in [2.24, 2.45) is 5.92 Å². The smallest absolute Gasteiger partial charge is 0.245 e. The van der Waals surface area contributed by atoms with Crippen molar-refractivity contribution in [2.45, 2.75) is 23.7 Å². The molecule has 106 valence electrons. The molecule has 2 atom stereocenters. The third kappa shape index (κ3) is 2.89. The molecule has 2 unspecified atom stereocenters. The summed E-state index contributed by atoms with van der Waals surface area (Å²) in [6.45, 7) is 5.69. The van der Waals surface area contributed by atoms with Crippen LogP contribution in [0.1, 0.15) is 24.2 Å². The lowest BCUT2D eigenvalue weighted by Gasteiger charge is -2.37. The first-order valence-corrected chi connectivity index (χ1v) is 7.32. The normalized spacial score (nSPS) is 31.6. The Bertz CT molecular complexity index is 464. The Kier molecular flexibility index (Phi) is 3.50. The lowest BCUT2D eigenvalue weighted by atomic mass is 10.1. The average Bonchev–Trinajstić information content (AvgIpc) is 2.73. The molecular formula is C12H18Cl2N4O. The number of nitrogens with zero attached hydrogens (tertiary/aromatic N) is 4. The summed E-state index contributed by atoms with van der Waals surface area (Å²) in [6, 6.07) is 0.161. The third-order valence-electron chi connectivity index (χ3n) is 3.99. The van der Waals surface area contributed by atoms with Crippen molar-refractivity contribution in [3.8, 4) is 0 Å². The molecule has 5 nitrogen and oxygen atoms in total. The molecule has 7 heteroatoms. The molecule has 0 N–H and O–H groups in total. The van der Waals surface area contributed by atoms with Crippen LogP contribution in [0.2, 0.25) is 0 Å². The van der Waals surface area contributed by atoms with Crippen LogP contribution < -0.4 is 0 Å². The van der Waals surface area contributed by atoms with E-state index < -0.39 is 4.33 Å². The molecule has 19 heavy (non-hydrogen) atoms. The molecule has 1 aromatic heterocycles. The van der Waals surface area contributed by atoms with Crippen molar-refractivity contribution in [3.63, 3.8) is 0 Å². The van der Waals surface area contributed by atoms with Crippen LogP contribution in [0, 0.1) is 12.8 Å². The van der Waals surface area contributed by atoms with Crippen molar-refractivity contribution >= 4 is 23.2 Å². The minimum absolute atomic E-state index is 0.161. The van der Waals surface area contributed by atoms with Crippen molar-refractivity contribution in [1.29, 1.82) is 0 Å². The van der Waals surface area contributed by atoms with Gasteiger partial charge in [-0.3, -0.25) is 9.80 Å². The van der Waals surface area contributed by atoms with Crippen molar-refractivity contribution in [1.82, 2.24) is 19.9 Å². The van der Waals surface area contributed by atoms with Crippen LogP contribution in [0.15, 0.2) is 4.52 Å². The van der Waals surface area contributed by atoms with Gasteiger partial charge < -0.3 is 4.52 Å². The molecule has 0 radical (unpaired) electrons. The SMILES string of the molecule is Cc1noc(C2CN(CC3CC3(Cl)Cl)CCN2C)n1. The fraction of sp³-hybridized carbons (Fsp3) is 0.833. The van der Waals surface area contributed by atoms with Crippen LogP contribution in [0.25, 0.3) is 0 Å². The zero-order valence-electron chi connectivity index (χ0n) is 11.1. The number of halogens is 2. The van der Waals surface area contributed by atoms with Crippen LogP contribution >= 0.6 is 23.2 Å². The molecule has 1 saturated heterocycles. The first-order chi connectivity index (χ1) is 8.95. The van der Waals surface area contributed by atoms with E-state index in [4.69, 9.17) is 27.7 Å². The van der Waals surface area contributed by atoms with Gasteiger partial charge in [0.15, 0.2) is 5.82 Å². The fourth-order valence-corrected chi connectivity index (χ4v) is 3.10. The number of piperazine rings is 1. The molecule has 2 heterocycles. The Balaban J connectivity index is 1.64. The molecule has 2 aliphatic rings. The lowest BCUT2D eigenvalue weighted by molar-refractivity contribution is 0.0730. The summed E-state index contributed by atoms with van der Waals surface area (Å²) in [6.07, 6.45) is 0.896. The molecule has 1 aliphatic carbocycles. The van der Waals surface area contributed by atoms with E-state index in [-0.39, 0.29) is 6.04 Å². The maximum atomic E-state index is 6.10. The van der Waals surface area contributed by atoms with Gasteiger partial charge in [-0.25, -0.2) is 0 Å². The van der Waals surface area contributed by atoms with E-state index in [9.17, 15) is 0 Å². The molecule has 1 aliphatic heterocycles. The van der Waals surface area contributed by atoms with Crippen LogP contribution in [0.5, 0.6) is 0 Å². The van der Waals surface area contributed by atoms with Crippen molar-refractivity contribution < 1.29 is 4.52 Å². The molecule has 1 saturated carbocycles. The quantitative estimate of drug-likeness (QED) is 0.798. The first kappa shape index (κ1) is 13.6. The molecular weight excluding hydrogens is 287 g/mol. The van der Waals surface area contributed by atoms with Crippen LogP contribution in [0.4, 0.5) is 0 Å². The van der Waals surface area contributed by atoms with E-state index in [1.165, 1.54) is 0 Å². The van der Waals surface area contributed by atoms with Crippen LogP contribution in [-0.2, 0) is 0 Å². The highest BCUT2D eigenvalue weighted by molar-refractivity contribution is 6.50. The number of alkyl halides is 2. The average molecular weight is 305 g/mol. The molecule has 0 spiro atoms. The summed E-state index contributed by atoms with van der Waals surface area (Å²) >= 11 is 12.2. The summed E-state index contributed by atoms with van der Waals surface area (Å²) in [5.74, 6) is 1.77. The third-order valence-corrected chi connectivity index (χ3v) is 4.92. The van der Waals surface area contributed by atoms with Gasteiger partial charge in [-0.2, -0.15) is 4.98 Å². The largest absolute Gasteiger partial charge is 0.338 e. The standard InChI is InChI=1S/C12H18Cl2N4O/c1-8-15-11(19-16-8)10-7-18(4-3-17(10)2)6-9-5-12(9,13)14/h9-10H,3-7H2,1-2H3. The Morgan fingerprint density at radius 2 is 2.16 bits per heavy atom. The zero-order valence-corrected chi connectivity index (χ0v) is 12.7. The van der Waals surface area contributed by atoms with Gasteiger partial charge >= 0.3 is 0 Å². The number of hydrogen-bond donors (Lipinski definition) is 0. The van der Waals surface area contributed by atoms with E-state index in [1.807, 2.05) is 6.92 Å². The summed E-state index contributed by atoms with van der Waals surface area (Å²) in [5.41, 5.74) is 0. The van der Waals surface area contributed by atoms with Gasteiger partial charge in [0.1, 0.15) is 10.4 Å². The molecule has 1 aromatic rings. The van der Waals surface area contributed by atoms with Crippen molar-refractivity contribution in [3.05, 3.63) is 11.7 Å². The molecule has 0 bridgehead atoms. The zero-order chi connectivity index (χ0) is 13.6. The minimum Gasteiger partial charge on any atom is -0.338 e. The van der Waals surface area contributed by atoms with E-state index in [0.717, 1.165) is 32.6 Å². The van der Waals surface area contributed by atoms with E-state index in [0.29, 0.717) is 17.6 Å².